The molecule has 1 aliphatic carbocycles. The zero-order chi connectivity index (χ0) is 22.9. The lowest BCUT2D eigenvalue weighted by molar-refractivity contribution is -0.132. The topological polar surface area (TPSA) is 77.9 Å². The second-order valence-corrected chi connectivity index (χ2v) is 8.21. The van der Waals surface area contributed by atoms with E-state index in [0.717, 1.165) is 47.3 Å². The fourth-order valence-electron chi connectivity index (χ4n) is 4.59. The normalized spacial score (nSPS) is 16.1. The standard InChI is InChI=1S/C27H25NO5/c1-3-4-5-18-9-12-20-23(17-8-13-21-22(14-17)33-15-32-21)25(27(29)30)24(26(20)28-18)16-6-10-19(31-2)11-7-16/h6-14,23H,3-5,15H2,1-2H3,(H,29,30)/t23-/m0/s1. The summed E-state index contributed by atoms with van der Waals surface area (Å²) < 4.78 is 16.3. The third-order valence-electron chi connectivity index (χ3n) is 6.22. The first-order valence-electron chi connectivity index (χ1n) is 11.1. The van der Waals surface area contributed by atoms with Crippen LogP contribution in [0.2, 0.25) is 0 Å². The molecule has 0 amide bonds. The number of aryl methyl sites for hydroxylation is 1. The van der Waals surface area contributed by atoms with Crippen molar-refractivity contribution >= 4 is 11.5 Å². The van der Waals surface area contributed by atoms with Crippen molar-refractivity contribution < 1.29 is 24.1 Å². The van der Waals surface area contributed by atoms with E-state index in [0.29, 0.717) is 28.4 Å². The SMILES string of the molecule is CCCCc1ccc2c(n1)C(c1ccc(OC)cc1)=C(C(=O)O)[C@H]2c1ccc2c(c1)OCO2. The van der Waals surface area contributed by atoms with E-state index in [4.69, 9.17) is 19.2 Å². The molecule has 0 bridgehead atoms. The number of hydrogen-bond acceptors (Lipinski definition) is 5. The number of aromatic nitrogens is 1. The van der Waals surface area contributed by atoms with Gasteiger partial charge in [0.05, 0.1) is 18.4 Å². The first-order chi connectivity index (χ1) is 16.1. The third kappa shape index (κ3) is 3.71. The molecule has 33 heavy (non-hydrogen) atoms. The molecule has 0 spiro atoms. The molecule has 0 saturated carbocycles. The molecule has 0 radical (unpaired) electrons. The van der Waals surface area contributed by atoms with E-state index in [1.54, 1.807) is 7.11 Å². The lowest BCUT2D eigenvalue weighted by Gasteiger charge is -2.15. The van der Waals surface area contributed by atoms with Crippen LogP contribution in [0.1, 0.15) is 53.8 Å². The van der Waals surface area contributed by atoms with Crippen LogP contribution in [-0.4, -0.2) is 30.0 Å². The van der Waals surface area contributed by atoms with Gasteiger partial charge in [0, 0.05) is 17.2 Å². The summed E-state index contributed by atoms with van der Waals surface area (Å²) in [5.74, 6) is 0.588. The Morgan fingerprint density at radius 2 is 1.88 bits per heavy atom. The fourth-order valence-corrected chi connectivity index (χ4v) is 4.59. The molecule has 0 saturated heterocycles. The number of carboxylic acid groups (broad SMARTS) is 1. The molecular weight excluding hydrogens is 418 g/mol. The Morgan fingerprint density at radius 3 is 2.61 bits per heavy atom. The van der Waals surface area contributed by atoms with Crippen LogP contribution in [0.5, 0.6) is 17.2 Å². The van der Waals surface area contributed by atoms with E-state index >= 15 is 0 Å². The van der Waals surface area contributed by atoms with E-state index in [9.17, 15) is 9.90 Å². The van der Waals surface area contributed by atoms with Crippen LogP contribution in [-0.2, 0) is 11.2 Å². The molecule has 1 aromatic heterocycles. The van der Waals surface area contributed by atoms with Gasteiger partial charge >= 0.3 is 5.97 Å². The van der Waals surface area contributed by atoms with Crippen molar-refractivity contribution in [2.24, 2.45) is 0 Å². The summed E-state index contributed by atoms with van der Waals surface area (Å²) in [5, 5.41) is 10.4. The maximum absolute atomic E-state index is 12.7. The van der Waals surface area contributed by atoms with Gasteiger partial charge in [0.2, 0.25) is 6.79 Å². The highest BCUT2D eigenvalue weighted by molar-refractivity contribution is 6.06. The highest BCUT2D eigenvalue weighted by atomic mass is 16.7. The monoisotopic (exact) mass is 443 g/mol. The second kappa shape index (κ2) is 8.62. The summed E-state index contributed by atoms with van der Waals surface area (Å²) in [6.45, 7) is 2.31. The number of carbonyl (C=O) groups is 1. The van der Waals surface area contributed by atoms with Gasteiger partial charge in [-0.05, 0) is 59.9 Å². The maximum Gasteiger partial charge on any atom is 0.333 e. The number of methoxy groups -OCH3 is 1. The molecule has 1 atom stereocenters. The smallest absolute Gasteiger partial charge is 0.333 e. The minimum Gasteiger partial charge on any atom is -0.497 e. The lowest BCUT2D eigenvalue weighted by Crippen LogP contribution is -2.10. The van der Waals surface area contributed by atoms with E-state index in [1.165, 1.54) is 0 Å². The Hall–Kier alpha value is -3.80. The largest absolute Gasteiger partial charge is 0.497 e. The van der Waals surface area contributed by atoms with Gasteiger partial charge in [-0.3, -0.25) is 4.98 Å². The van der Waals surface area contributed by atoms with Gasteiger partial charge in [-0.15, -0.1) is 0 Å². The Kier molecular flexibility index (Phi) is 5.50. The van der Waals surface area contributed by atoms with Crippen LogP contribution in [0.15, 0.2) is 60.2 Å². The Labute approximate surface area is 192 Å². The van der Waals surface area contributed by atoms with Crippen molar-refractivity contribution in [1.29, 1.82) is 0 Å². The van der Waals surface area contributed by atoms with Gasteiger partial charge in [-0.2, -0.15) is 0 Å². The zero-order valence-electron chi connectivity index (χ0n) is 18.6. The van der Waals surface area contributed by atoms with Gasteiger partial charge in [0.1, 0.15) is 5.75 Å². The number of pyridine rings is 1. The van der Waals surface area contributed by atoms with Gasteiger partial charge in [-0.25, -0.2) is 4.79 Å². The van der Waals surface area contributed by atoms with Crippen molar-refractivity contribution in [2.75, 3.05) is 13.9 Å². The summed E-state index contributed by atoms with van der Waals surface area (Å²) in [5.41, 5.74) is 5.20. The van der Waals surface area contributed by atoms with Gasteiger partial charge < -0.3 is 19.3 Å². The minimum absolute atomic E-state index is 0.168. The number of hydrogen-bond donors (Lipinski definition) is 1. The van der Waals surface area contributed by atoms with Crippen molar-refractivity contribution in [3.05, 3.63) is 88.2 Å². The Bertz CT molecular complexity index is 1250. The maximum atomic E-state index is 12.7. The zero-order valence-corrected chi connectivity index (χ0v) is 18.6. The van der Waals surface area contributed by atoms with E-state index in [-0.39, 0.29) is 6.79 Å². The molecule has 6 heteroatoms. The molecule has 168 valence electrons. The second-order valence-electron chi connectivity index (χ2n) is 8.21. The van der Waals surface area contributed by atoms with Crippen LogP contribution in [0, 0.1) is 0 Å². The summed E-state index contributed by atoms with van der Waals surface area (Å²) in [6.07, 6.45) is 2.96. The molecule has 1 N–H and O–H groups in total. The predicted molar refractivity (Wildman–Crippen MR) is 124 cm³/mol. The molecule has 2 heterocycles. The molecule has 2 aromatic carbocycles. The highest BCUT2D eigenvalue weighted by Gasteiger charge is 2.38. The van der Waals surface area contributed by atoms with Gasteiger partial charge in [-0.1, -0.05) is 37.6 Å². The first-order valence-corrected chi connectivity index (χ1v) is 11.1. The summed E-state index contributed by atoms with van der Waals surface area (Å²) in [6, 6.07) is 17.1. The number of benzene rings is 2. The van der Waals surface area contributed by atoms with Crippen molar-refractivity contribution in [3.63, 3.8) is 0 Å². The average Bonchev–Trinajstić information content (AvgIpc) is 3.44. The molecular formula is C27H25NO5. The van der Waals surface area contributed by atoms with E-state index in [1.807, 2.05) is 54.6 Å². The van der Waals surface area contributed by atoms with Crippen LogP contribution in [0.4, 0.5) is 0 Å². The van der Waals surface area contributed by atoms with E-state index in [2.05, 4.69) is 6.92 Å². The molecule has 0 unspecified atom stereocenters. The quantitative estimate of drug-likeness (QED) is 0.541. The molecule has 6 nitrogen and oxygen atoms in total. The predicted octanol–water partition coefficient (Wildman–Crippen LogP) is 5.19. The number of nitrogens with zero attached hydrogens (tertiary/aromatic N) is 1. The number of unbranched alkanes of at least 4 members (excludes halogenated alkanes) is 1. The third-order valence-corrected chi connectivity index (χ3v) is 6.22. The first kappa shape index (κ1) is 21.1. The van der Waals surface area contributed by atoms with Gasteiger partial charge in [0.15, 0.2) is 11.5 Å². The Balaban J connectivity index is 1.71. The van der Waals surface area contributed by atoms with Crippen LogP contribution in [0.3, 0.4) is 0 Å². The molecule has 0 fully saturated rings. The molecule has 3 aromatic rings. The molecule has 1 aliphatic heterocycles. The number of carboxylic acids is 1. The highest BCUT2D eigenvalue weighted by Crippen LogP contribution is 2.49. The minimum atomic E-state index is -0.961. The molecule has 5 rings (SSSR count). The summed E-state index contributed by atoms with van der Waals surface area (Å²) >= 11 is 0. The van der Waals surface area contributed by atoms with Crippen LogP contribution in [0.25, 0.3) is 5.57 Å². The average molecular weight is 443 g/mol. The Morgan fingerprint density at radius 1 is 1.09 bits per heavy atom. The number of rotatable bonds is 7. The molecule has 2 aliphatic rings. The van der Waals surface area contributed by atoms with Crippen molar-refractivity contribution in [2.45, 2.75) is 32.1 Å². The van der Waals surface area contributed by atoms with Gasteiger partial charge in [0.25, 0.3) is 0 Å². The van der Waals surface area contributed by atoms with Crippen molar-refractivity contribution in [3.8, 4) is 17.2 Å². The summed E-state index contributed by atoms with van der Waals surface area (Å²) in [4.78, 5) is 17.6. The van der Waals surface area contributed by atoms with E-state index < -0.39 is 11.9 Å². The number of fused-ring (bicyclic) bond motifs is 2. The lowest BCUT2D eigenvalue weighted by atomic mass is 9.88. The van der Waals surface area contributed by atoms with Crippen molar-refractivity contribution in [1.82, 2.24) is 4.98 Å². The number of ether oxygens (including phenoxy) is 3. The van der Waals surface area contributed by atoms with Crippen LogP contribution >= 0.6 is 0 Å². The number of aliphatic carboxylic acids is 1. The van der Waals surface area contributed by atoms with Crippen LogP contribution < -0.4 is 14.2 Å². The summed E-state index contributed by atoms with van der Waals surface area (Å²) in [7, 11) is 1.61. The fraction of sp³-hybridized carbons (Fsp3) is 0.259.